The molecular formula is C15H15BrN2O2. The Morgan fingerprint density at radius 3 is 2.65 bits per heavy atom. The number of hydrogen-bond donors (Lipinski definition) is 1. The third-order valence-electron chi connectivity index (χ3n) is 2.89. The van der Waals surface area contributed by atoms with E-state index in [-0.39, 0.29) is 5.91 Å². The van der Waals surface area contributed by atoms with Crippen molar-refractivity contribution in [3.05, 3.63) is 51.8 Å². The number of carbonyl (C=O) groups is 1. The molecule has 5 heteroatoms. The van der Waals surface area contributed by atoms with Crippen molar-refractivity contribution in [2.24, 2.45) is 0 Å². The maximum absolute atomic E-state index is 12.3. The van der Waals surface area contributed by atoms with Gasteiger partial charge in [0.05, 0.1) is 24.1 Å². The normalized spacial score (nSPS) is 10.2. The summed E-state index contributed by atoms with van der Waals surface area (Å²) in [4.78, 5) is 16.6. The van der Waals surface area contributed by atoms with Crippen LogP contribution in [0.3, 0.4) is 0 Å². The van der Waals surface area contributed by atoms with E-state index in [1.165, 1.54) is 0 Å². The zero-order chi connectivity index (χ0) is 14.7. The van der Waals surface area contributed by atoms with Gasteiger partial charge >= 0.3 is 0 Å². The van der Waals surface area contributed by atoms with Crippen LogP contribution >= 0.6 is 15.9 Å². The molecule has 1 N–H and O–H groups in total. The summed E-state index contributed by atoms with van der Waals surface area (Å²) in [5, 5.41) is 2.86. The second-order valence-electron chi connectivity index (χ2n) is 4.39. The van der Waals surface area contributed by atoms with Crippen LogP contribution in [-0.4, -0.2) is 18.0 Å². The fourth-order valence-electron chi connectivity index (χ4n) is 1.84. The molecular weight excluding hydrogens is 320 g/mol. The highest BCUT2D eigenvalue weighted by Crippen LogP contribution is 2.27. The molecule has 0 bridgehead atoms. The highest BCUT2D eigenvalue weighted by Gasteiger charge is 2.12. The van der Waals surface area contributed by atoms with Crippen LogP contribution in [-0.2, 0) is 0 Å². The molecule has 104 valence electrons. The molecule has 4 nitrogen and oxygen atoms in total. The fourth-order valence-corrected chi connectivity index (χ4v) is 2.19. The smallest absolute Gasteiger partial charge is 0.257 e. The van der Waals surface area contributed by atoms with Gasteiger partial charge in [-0.15, -0.1) is 0 Å². The van der Waals surface area contributed by atoms with E-state index in [2.05, 4.69) is 26.2 Å². The minimum absolute atomic E-state index is 0.191. The van der Waals surface area contributed by atoms with Gasteiger partial charge in [-0.3, -0.25) is 9.78 Å². The van der Waals surface area contributed by atoms with Gasteiger partial charge in [0, 0.05) is 16.2 Å². The van der Waals surface area contributed by atoms with Crippen LogP contribution in [0.1, 0.15) is 21.7 Å². The molecule has 0 fully saturated rings. The average molecular weight is 335 g/mol. The number of aryl methyl sites for hydroxylation is 2. The van der Waals surface area contributed by atoms with E-state index < -0.39 is 0 Å². The summed E-state index contributed by atoms with van der Waals surface area (Å²) in [5.41, 5.74) is 2.82. The van der Waals surface area contributed by atoms with Crippen LogP contribution in [0.2, 0.25) is 0 Å². The molecule has 1 amide bonds. The lowest BCUT2D eigenvalue weighted by Gasteiger charge is -2.10. The summed E-state index contributed by atoms with van der Waals surface area (Å²) in [6.45, 7) is 3.72. The largest absolute Gasteiger partial charge is 0.497 e. The molecule has 0 saturated carbocycles. The average Bonchev–Trinajstić information content (AvgIpc) is 2.41. The minimum Gasteiger partial charge on any atom is -0.497 e. The highest BCUT2D eigenvalue weighted by atomic mass is 79.9. The molecule has 0 aliphatic rings. The summed E-state index contributed by atoms with van der Waals surface area (Å²) in [6, 6.07) is 9.01. The number of aromatic nitrogens is 1. The second-order valence-corrected chi connectivity index (χ2v) is 5.24. The number of pyridine rings is 1. The fraction of sp³-hybridized carbons (Fsp3) is 0.200. The van der Waals surface area contributed by atoms with Crippen molar-refractivity contribution in [1.82, 2.24) is 4.98 Å². The van der Waals surface area contributed by atoms with Gasteiger partial charge in [-0.1, -0.05) is 0 Å². The van der Waals surface area contributed by atoms with E-state index in [4.69, 9.17) is 4.74 Å². The van der Waals surface area contributed by atoms with E-state index in [9.17, 15) is 4.79 Å². The SMILES string of the molecule is COc1ccc(Br)c(NC(=O)c2ccc(C)nc2C)c1. The summed E-state index contributed by atoms with van der Waals surface area (Å²) < 4.78 is 5.95. The van der Waals surface area contributed by atoms with Crippen molar-refractivity contribution in [2.45, 2.75) is 13.8 Å². The van der Waals surface area contributed by atoms with E-state index in [0.29, 0.717) is 22.7 Å². The lowest BCUT2D eigenvalue weighted by atomic mass is 10.1. The molecule has 0 saturated heterocycles. The molecule has 0 aliphatic heterocycles. The Morgan fingerprint density at radius 1 is 1.25 bits per heavy atom. The van der Waals surface area contributed by atoms with Crippen LogP contribution in [0, 0.1) is 13.8 Å². The first kappa shape index (κ1) is 14.5. The molecule has 0 atom stereocenters. The van der Waals surface area contributed by atoms with Gasteiger partial charge in [-0.2, -0.15) is 0 Å². The predicted molar refractivity (Wildman–Crippen MR) is 82.4 cm³/mol. The maximum atomic E-state index is 12.3. The number of benzene rings is 1. The van der Waals surface area contributed by atoms with Crippen molar-refractivity contribution in [1.29, 1.82) is 0 Å². The number of anilines is 1. The minimum atomic E-state index is -0.191. The van der Waals surface area contributed by atoms with Crippen molar-refractivity contribution in [3.63, 3.8) is 0 Å². The van der Waals surface area contributed by atoms with E-state index >= 15 is 0 Å². The van der Waals surface area contributed by atoms with Gasteiger partial charge in [0.1, 0.15) is 5.75 Å². The third-order valence-corrected chi connectivity index (χ3v) is 3.58. The number of ether oxygens (including phenoxy) is 1. The van der Waals surface area contributed by atoms with Crippen LogP contribution in [0.5, 0.6) is 5.75 Å². The van der Waals surface area contributed by atoms with Gasteiger partial charge in [0.2, 0.25) is 0 Å². The second kappa shape index (κ2) is 6.05. The van der Waals surface area contributed by atoms with Crippen molar-refractivity contribution in [3.8, 4) is 5.75 Å². The van der Waals surface area contributed by atoms with Gasteiger partial charge in [-0.25, -0.2) is 0 Å². The number of nitrogens with one attached hydrogen (secondary N) is 1. The summed E-state index contributed by atoms with van der Waals surface area (Å²) in [6.07, 6.45) is 0. The quantitative estimate of drug-likeness (QED) is 0.930. The Bertz CT molecular complexity index is 656. The lowest BCUT2D eigenvalue weighted by molar-refractivity contribution is 0.102. The predicted octanol–water partition coefficient (Wildman–Crippen LogP) is 3.72. The zero-order valence-corrected chi connectivity index (χ0v) is 13.1. The number of carbonyl (C=O) groups excluding carboxylic acids is 1. The maximum Gasteiger partial charge on any atom is 0.257 e. The summed E-state index contributed by atoms with van der Waals surface area (Å²) >= 11 is 3.40. The highest BCUT2D eigenvalue weighted by molar-refractivity contribution is 9.10. The van der Waals surface area contributed by atoms with Crippen LogP contribution in [0.15, 0.2) is 34.8 Å². The Labute approximate surface area is 126 Å². The molecule has 1 aromatic heterocycles. The van der Waals surface area contributed by atoms with Gasteiger partial charge in [0.15, 0.2) is 0 Å². The Balaban J connectivity index is 2.27. The number of rotatable bonds is 3. The zero-order valence-electron chi connectivity index (χ0n) is 11.5. The number of halogens is 1. The molecule has 2 rings (SSSR count). The first-order chi connectivity index (χ1) is 9.51. The molecule has 1 heterocycles. The number of nitrogens with zero attached hydrogens (tertiary/aromatic N) is 1. The van der Waals surface area contributed by atoms with Crippen LogP contribution in [0.25, 0.3) is 0 Å². The molecule has 2 aromatic rings. The van der Waals surface area contributed by atoms with E-state index in [0.717, 1.165) is 10.2 Å². The molecule has 1 aromatic carbocycles. The Hall–Kier alpha value is -1.88. The molecule has 0 radical (unpaired) electrons. The standard InChI is InChI=1S/C15H15BrN2O2/c1-9-4-6-12(10(2)17-9)15(19)18-14-8-11(20-3)5-7-13(14)16/h4-8H,1-3H3,(H,18,19). The number of methoxy groups -OCH3 is 1. The number of hydrogen-bond acceptors (Lipinski definition) is 3. The van der Waals surface area contributed by atoms with Crippen molar-refractivity contribution >= 4 is 27.5 Å². The molecule has 0 unspecified atom stereocenters. The monoisotopic (exact) mass is 334 g/mol. The van der Waals surface area contributed by atoms with Crippen LogP contribution < -0.4 is 10.1 Å². The van der Waals surface area contributed by atoms with Gasteiger partial charge in [0.25, 0.3) is 5.91 Å². The number of amides is 1. The van der Waals surface area contributed by atoms with E-state index in [1.54, 1.807) is 19.2 Å². The lowest BCUT2D eigenvalue weighted by Crippen LogP contribution is -2.14. The van der Waals surface area contributed by atoms with E-state index in [1.807, 2.05) is 32.0 Å². The third kappa shape index (κ3) is 3.17. The first-order valence-corrected chi connectivity index (χ1v) is 6.89. The van der Waals surface area contributed by atoms with Crippen molar-refractivity contribution in [2.75, 3.05) is 12.4 Å². The molecule has 0 aliphatic carbocycles. The molecule has 20 heavy (non-hydrogen) atoms. The molecule has 0 spiro atoms. The first-order valence-electron chi connectivity index (χ1n) is 6.10. The Morgan fingerprint density at radius 2 is 2.00 bits per heavy atom. The topological polar surface area (TPSA) is 51.2 Å². The summed E-state index contributed by atoms with van der Waals surface area (Å²) in [7, 11) is 1.59. The van der Waals surface area contributed by atoms with Gasteiger partial charge < -0.3 is 10.1 Å². The Kier molecular flexibility index (Phi) is 4.39. The van der Waals surface area contributed by atoms with Gasteiger partial charge in [-0.05, 0) is 54.0 Å². The van der Waals surface area contributed by atoms with Crippen LogP contribution in [0.4, 0.5) is 5.69 Å². The van der Waals surface area contributed by atoms with Crippen molar-refractivity contribution < 1.29 is 9.53 Å². The summed E-state index contributed by atoms with van der Waals surface area (Å²) in [5.74, 6) is 0.492.